The molecule has 5 heterocycles. The molecule has 1 aliphatic heterocycles. The lowest BCUT2D eigenvalue weighted by molar-refractivity contribution is -0.144. The lowest BCUT2D eigenvalue weighted by Crippen LogP contribution is -2.45. The Morgan fingerprint density at radius 2 is 1.75 bits per heavy atom. The standard InChI is InChI=1S/C37H43N5O6/c1-23(2)36(37(43)44-4)33-20-35(40-48-33)45-16-15-42-13-10-26(11-14-42)46-27-18-28(19-27)47-34-8-6-25(21-39-34)24-5-7-29-30-22-38-12-9-31(30)41(3)32(29)17-24/h5-9,12,17,20-23,26-28,36H,10-11,13-16,18-19H2,1-4H3. The van der Waals surface area contributed by atoms with Gasteiger partial charge < -0.3 is 28.0 Å². The fraction of sp³-hybridized carbons (Fsp3) is 0.459. The highest BCUT2D eigenvalue weighted by atomic mass is 16.5. The molecule has 0 amide bonds. The molecule has 7 rings (SSSR count). The molecule has 2 fully saturated rings. The van der Waals surface area contributed by atoms with Crippen LogP contribution in [0.3, 0.4) is 0 Å². The number of pyridine rings is 2. The number of hydrogen-bond acceptors (Lipinski definition) is 10. The minimum atomic E-state index is -0.498. The summed E-state index contributed by atoms with van der Waals surface area (Å²) in [7, 11) is 3.47. The first-order chi connectivity index (χ1) is 23.4. The van der Waals surface area contributed by atoms with Crippen LogP contribution >= 0.6 is 0 Å². The first-order valence-corrected chi connectivity index (χ1v) is 16.9. The van der Waals surface area contributed by atoms with Gasteiger partial charge in [0.15, 0.2) is 5.76 Å². The zero-order valence-corrected chi connectivity index (χ0v) is 28.0. The van der Waals surface area contributed by atoms with Crippen LogP contribution in [-0.2, 0) is 21.3 Å². The van der Waals surface area contributed by atoms with Crippen LogP contribution in [0.1, 0.15) is 51.2 Å². The molecule has 48 heavy (non-hydrogen) atoms. The largest absolute Gasteiger partial charge is 0.474 e. The molecule has 1 aromatic carbocycles. The van der Waals surface area contributed by atoms with Crippen LogP contribution in [0.25, 0.3) is 32.9 Å². The third-order valence-electron chi connectivity index (χ3n) is 9.73. The number of fused-ring (bicyclic) bond motifs is 3. The Hall–Kier alpha value is -4.48. The number of benzene rings is 1. The molecule has 4 aromatic heterocycles. The second kappa shape index (κ2) is 13.9. The Bertz CT molecular complexity index is 1850. The van der Waals surface area contributed by atoms with Crippen LogP contribution in [0.2, 0.25) is 0 Å². The van der Waals surface area contributed by atoms with Crippen LogP contribution in [0.4, 0.5) is 0 Å². The van der Waals surface area contributed by atoms with E-state index in [0.717, 1.165) is 61.8 Å². The Morgan fingerprint density at radius 1 is 0.938 bits per heavy atom. The average molecular weight is 654 g/mol. The van der Waals surface area contributed by atoms with E-state index in [2.05, 4.69) is 62.0 Å². The maximum Gasteiger partial charge on any atom is 0.316 e. The van der Waals surface area contributed by atoms with Gasteiger partial charge in [-0.15, -0.1) is 0 Å². The van der Waals surface area contributed by atoms with Gasteiger partial charge in [-0.25, -0.2) is 4.98 Å². The molecule has 0 spiro atoms. The molecule has 0 N–H and O–H groups in total. The van der Waals surface area contributed by atoms with Crippen molar-refractivity contribution in [3.05, 3.63) is 66.8 Å². The first-order valence-electron chi connectivity index (χ1n) is 16.9. The van der Waals surface area contributed by atoms with Gasteiger partial charge in [-0.2, -0.15) is 0 Å². The minimum absolute atomic E-state index is 0.0254. The molecular formula is C37H43N5O6. The fourth-order valence-corrected chi connectivity index (χ4v) is 6.90. The number of hydrogen-bond donors (Lipinski definition) is 0. The van der Waals surface area contributed by atoms with Crippen LogP contribution in [-0.4, -0.2) is 82.2 Å². The zero-order valence-electron chi connectivity index (χ0n) is 28.0. The van der Waals surface area contributed by atoms with Crippen molar-refractivity contribution >= 4 is 27.8 Å². The van der Waals surface area contributed by atoms with Crippen molar-refractivity contribution in [1.82, 2.24) is 24.6 Å². The highest BCUT2D eigenvalue weighted by molar-refractivity contribution is 6.08. The normalized spacial score (nSPS) is 19.4. The molecule has 1 atom stereocenters. The number of ether oxygens (including phenoxy) is 4. The van der Waals surface area contributed by atoms with Gasteiger partial charge in [0.05, 0.1) is 24.8 Å². The number of nitrogens with zero attached hydrogens (tertiary/aromatic N) is 5. The summed E-state index contributed by atoms with van der Waals surface area (Å²) in [6.07, 6.45) is 10.1. The van der Waals surface area contributed by atoms with Crippen molar-refractivity contribution in [2.75, 3.05) is 33.4 Å². The predicted molar refractivity (Wildman–Crippen MR) is 181 cm³/mol. The number of carbonyl (C=O) groups is 1. The number of esters is 1. The Balaban J connectivity index is 0.815. The van der Waals surface area contributed by atoms with Gasteiger partial charge in [-0.3, -0.25) is 14.7 Å². The van der Waals surface area contributed by atoms with E-state index in [1.165, 1.54) is 23.5 Å². The summed E-state index contributed by atoms with van der Waals surface area (Å²) >= 11 is 0. The number of carbonyl (C=O) groups excluding carboxylic acids is 1. The van der Waals surface area contributed by atoms with Crippen LogP contribution < -0.4 is 9.47 Å². The van der Waals surface area contributed by atoms with Crippen LogP contribution in [0.5, 0.6) is 11.8 Å². The molecule has 11 nitrogen and oxygen atoms in total. The van der Waals surface area contributed by atoms with E-state index in [0.29, 0.717) is 24.1 Å². The maximum absolute atomic E-state index is 12.1. The summed E-state index contributed by atoms with van der Waals surface area (Å²) in [5, 5.41) is 6.35. The van der Waals surface area contributed by atoms with Crippen molar-refractivity contribution in [1.29, 1.82) is 0 Å². The monoisotopic (exact) mass is 653 g/mol. The van der Waals surface area contributed by atoms with E-state index < -0.39 is 5.92 Å². The Kier molecular flexibility index (Phi) is 9.32. The molecule has 1 aliphatic carbocycles. The van der Waals surface area contributed by atoms with Crippen molar-refractivity contribution in [2.45, 2.75) is 63.8 Å². The number of likely N-dealkylation sites (tertiary alicyclic amines) is 1. The second-order valence-electron chi connectivity index (χ2n) is 13.2. The summed E-state index contributed by atoms with van der Waals surface area (Å²) in [4.78, 5) is 23.4. The first kappa shape index (κ1) is 32.1. The molecule has 1 saturated carbocycles. The van der Waals surface area contributed by atoms with E-state index in [-0.39, 0.29) is 30.2 Å². The van der Waals surface area contributed by atoms with Gasteiger partial charge in [0, 0.05) is 92.1 Å². The minimum Gasteiger partial charge on any atom is -0.474 e. The molecular weight excluding hydrogens is 610 g/mol. The van der Waals surface area contributed by atoms with Crippen molar-refractivity contribution in [3.63, 3.8) is 0 Å². The van der Waals surface area contributed by atoms with Gasteiger partial charge in [0.25, 0.3) is 5.88 Å². The third kappa shape index (κ3) is 6.75. The summed E-state index contributed by atoms with van der Waals surface area (Å²) in [5.41, 5.74) is 4.53. The number of rotatable bonds is 12. The summed E-state index contributed by atoms with van der Waals surface area (Å²) < 4.78 is 30.9. The second-order valence-corrected chi connectivity index (χ2v) is 13.2. The van der Waals surface area contributed by atoms with Gasteiger partial charge in [0.1, 0.15) is 18.6 Å². The molecule has 0 bridgehead atoms. The van der Waals surface area contributed by atoms with E-state index >= 15 is 0 Å². The smallest absolute Gasteiger partial charge is 0.316 e. The van der Waals surface area contributed by atoms with Crippen LogP contribution in [0.15, 0.2) is 65.6 Å². The lowest BCUT2D eigenvalue weighted by atomic mass is 9.91. The number of aromatic nitrogens is 4. The summed E-state index contributed by atoms with van der Waals surface area (Å²) in [6, 6.07) is 14.3. The highest BCUT2D eigenvalue weighted by Gasteiger charge is 2.35. The quantitative estimate of drug-likeness (QED) is 0.145. The molecule has 252 valence electrons. The van der Waals surface area contributed by atoms with Crippen molar-refractivity contribution in [2.24, 2.45) is 13.0 Å². The predicted octanol–water partition coefficient (Wildman–Crippen LogP) is 6.16. The molecule has 11 heteroatoms. The lowest BCUT2D eigenvalue weighted by Gasteiger charge is -2.39. The topological polar surface area (TPSA) is 114 Å². The van der Waals surface area contributed by atoms with Gasteiger partial charge in [-0.05, 0) is 47.7 Å². The Labute approximate surface area is 280 Å². The van der Waals surface area contributed by atoms with Gasteiger partial charge in [0.2, 0.25) is 5.88 Å². The molecule has 2 aliphatic rings. The van der Waals surface area contributed by atoms with Crippen LogP contribution in [0, 0.1) is 5.92 Å². The number of piperidine rings is 1. The van der Waals surface area contributed by atoms with Gasteiger partial charge >= 0.3 is 5.97 Å². The third-order valence-corrected chi connectivity index (χ3v) is 9.73. The fourth-order valence-electron chi connectivity index (χ4n) is 6.90. The molecule has 1 unspecified atom stereocenters. The summed E-state index contributed by atoms with van der Waals surface area (Å²) in [6.45, 7) is 7.10. The molecule has 5 aromatic rings. The van der Waals surface area contributed by atoms with Crippen molar-refractivity contribution in [3.8, 4) is 22.9 Å². The highest BCUT2D eigenvalue weighted by Crippen LogP contribution is 2.34. The van der Waals surface area contributed by atoms with Crippen molar-refractivity contribution < 1.29 is 28.3 Å². The number of aryl methyl sites for hydroxylation is 1. The SMILES string of the molecule is COC(=O)C(c1cc(OCCN2CCC(OC3CC(Oc4ccc(-c5ccc6c7cnccc7n(C)c6c5)cn4)C3)CC2)no1)C(C)C. The zero-order chi connectivity index (χ0) is 33.2. The van der Waals surface area contributed by atoms with Gasteiger partial charge in [-0.1, -0.05) is 26.0 Å². The number of methoxy groups -OCH3 is 1. The summed E-state index contributed by atoms with van der Waals surface area (Å²) in [5.74, 6) is 0.698. The Morgan fingerprint density at radius 3 is 2.50 bits per heavy atom. The molecule has 0 radical (unpaired) electrons. The van der Waals surface area contributed by atoms with E-state index in [1.807, 2.05) is 38.5 Å². The maximum atomic E-state index is 12.1. The van der Waals surface area contributed by atoms with E-state index in [4.69, 9.17) is 23.5 Å². The van der Waals surface area contributed by atoms with E-state index in [1.54, 1.807) is 6.07 Å². The average Bonchev–Trinajstić information content (AvgIpc) is 3.66. The van der Waals surface area contributed by atoms with E-state index in [9.17, 15) is 4.79 Å². The molecule has 1 saturated heterocycles.